The first kappa shape index (κ1) is 13.8. The molecule has 2 aromatic rings. The van der Waals surface area contributed by atoms with Crippen LogP contribution in [0.25, 0.3) is 0 Å². The predicted molar refractivity (Wildman–Crippen MR) is 77.7 cm³/mol. The van der Waals surface area contributed by atoms with Crippen LogP contribution in [0.5, 0.6) is 5.75 Å². The Morgan fingerprint density at radius 3 is 2.37 bits per heavy atom. The first-order valence-corrected chi connectivity index (χ1v) is 6.43. The lowest BCUT2D eigenvalue weighted by Gasteiger charge is -2.17. The average Bonchev–Trinajstić information content (AvgIpc) is 2.36. The van der Waals surface area contributed by atoms with Crippen LogP contribution < -0.4 is 10.5 Å². The van der Waals surface area contributed by atoms with Crippen molar-refractivity contribution in [2.75, 3.05) is 7.11 Å². The lowest BCUT2D eigenvalue weighted by Crippen LogP contribution is -2.14. The van der Waals surface area contributed by atoms with Crippen LogP contribution in [0.2, 0.25) is 5.02 Å². The van der Waals surface area contributed by atoms with E-state index in [0.717, 1.165) is 28.3 Å². The fourth-order valence-corrected chi connectivity index (χ4v) is 2.35. The first-order chi connectivity index (χ1) is 9.01. The van der Waals surface area contributed by atoms with Gasteiger partial charge in [0, 0.05) is 22.0 Å². The van der Waals surface area contributed by atoms with E-state index < -0.39 is 0 Å². The number of aryl methyl sites for hydroxylation is 2. The summed E-state index contributed by atoms with van der Waals surface area (Å²) in [5.41, 5.74) is 10.1. The molecule has 2 N–H and O–H groups in total. The second-order valence-electron chi connectivity index (χ2n) is 4.55. The summed E-state index contributed by atoms with van der Waals surface area (Å²) in [6, 6.07) is 9.15. The van der Waals surface area contributed by atoms with Crippen molar-refractivity contribution in [1.29, 1.82) is 0 Å². The highest BCUT2D eigenvalue weighted by Gasteiger charge is 2.15. The molecular weight excluding hydrogens is 260 g/mol. The zero-order chi connectivity index (χ0) is 14.0. The topological polar surface area (TPSA) is 48.1 Å². The van der Waals surface area contributed by atoms with Gasteiger partial charge in [-0.3, -0.25) is 4.98 Å². The number of ether oxygens (including phenoxy) is 1. The van der Waals surface area contributed by atoms with Gasteiger partial charge >= 0.3 is 0 Å². The summed E-state index contributed by atoms with van der Waals surface area (Å²) in [5, 5.41) is 0.647. The maximum Gasteiger partial charge on any atom is 0.124 e. The van der Waals surface area contributed by atoms with Crippen molar-refractivity contribution in [3.8, 4) is 5.75 Å². The Hall–Kier alpha value is -1.58. The van der Waals surface area contributed by atoms with Crippen LogP contribution in [0, 0.1) is 13.8 Å². The molecule has 0 saturated heterocycles. The van der Waals surface area contributed by atoms with Crippen molar-refractivity contribution in [2.24, 2.45) is 5.73 Å². The lowest BCUT2D eigenvalue weighted by molar-refractivity contribution is 0.408. The number of nitrogens with zero attached hydrogens (tertiary/aromatic N) is 1. The Morgan fingerprint density at radius 2 is 1.79 bits per heavy atom. The number of hydrogen-bond acceptors (Lipinski definition) is 3. The van der Waals surface area contributed by atoms with Gasteiger partial charge in [-0.1, -0.05) is 11.6 Å². The Morgan fingerprint density at radius 1 is 1.16 bits per heavy atom. The summed E-state index contributed by atoms with van der Waals surface area (Å²) >= 11 is 6.04. The number of pyridine rings is 1. The van der Waals surface area contributed by atoms with Gasteiger partial charge in [-0.05, 0) is 49.7 Å². The first-order valence-electron chi connectivity index (χ1n) is 6.05. The second-order valence-corrected chi connectivity index (χ2v) is 4.98. The third kappa shape index (κ3) is 3.06. The Bertz CT molecular complexity index is 578. The highest BCUT2D eigenvalue weighted by Crippen LogP contribution is 2.31. The number of benzene rings is 1. The van der Waals surface area contributed by atoms with Gasteiger partial charge in [0.05, 0.1) is 13.2 Å². The van der Waals surface area contributed by atoms with Crippen LogP contribution in [0.3, 0.4) is 0 Å². The van der Waals surface area contributed by atoms with Crippen LogP contribution in [0.15, 0.2) is 30.3 Å². The van der Waals surface area contributed by atoms with E-state index in [1.807, 2.05) is 38.1 Å². The van der Waals surface area contributed by atoms with Crippen molar-refractivity contribution in [3.05, 3.63) is 57.9 Å². The normalized spacial score (nSPS) is 12.3. The fraction of sp³-hybridized carbons (Fsp3) is 0.267. The van der Waals surface area contributed by atoms with Gasteiger partial charge in [0.15, 0.2) is 0 Å². The molecule has 0 aliphatic rings. The number of halogens is 1. The zero-order valence-corrected chi connectivity index (χ0v) is 12.0. The van der Waals surface area contributed by atoms with Crippen molar-refractivity contribution < 1.29 is 4.74 Å². The maximum absolute atomic E-state index is 6.33. The molecule has 0 spiro atoms. The van der Waals surface area contributed by atoms with Gasteiger partial charge in [-0.15, -0.1) is 0 Å². The molecule has 0 radical (unpaired) electrons. The highest BCUT2D eigenvalue weighted by molar-refractivity contribution is 6.30. The van der Waals surface area contributed by atoms with Crippen LogP contribution in [-0.2, 0) is 0 Å². The van der Waals surface area contributed by atoms with Gasteiger partial charge < -0.3 is 10.5 Å². The molecule has 1 atom stereocenters. The number of nitrogens with two attached hydrogens (primary N) is 1. The molecule has 3 nitrogen and oxygen atoms in total. The van der Waals surface area contributed by atoms with Gasteiger partial charge in [0.25, 0.3) is 0 Å². The second kappa shape index (κ2) is 5.59. The molecule has 2 rings (SSSR count). The zero-order valence-electron chi connectivity index (χ0n) is 11.3. The molecule has 1 aromatic carbocycles. The minimum atomic E-state index is -0.283. The fourth-order valence-electron chi connectivity index (χ4n) is 2.17. The molecule has 0 bridgehead atoms. The number of aromatic nitrogens is 1. The third-order valence-electron chi connectivity index (χ3n) is 2.99. The third-order valence-corrected chi connectivity index (χ3v) is 3.22. The lowest BCUT2D eigenvalue weighted by atomic mass is 9.98. The SMILES string of the molecule is COc1ccc(Cl)cc1C(N)c1cc(C)nc(C)c1. The molecule has 100 valence electrons. The largest absolute Gasteiger partial charge is 0.496 e. The predicted octanol–water partition coefficient (Wildman–Crippen LogP) is 3.41. The van der Waals surface area contributed by atoms with E-state index in [4.69, 9.17) is 22.1 Å². The minimum Gasteiger partial charge on any atom is -0.496 e. The molecule has 1 unspecified atom stereocenters. The summed E-state index contributed by atoms with van der Waals surface area (Å²) in [6.07, 6.45) is 0. The molecule has 0 aliphatic carbocycles. The molecule has 19 heavy (non-hydrogen) atoms. The number of hydrogen-bond donors (Lipinski definition) is 1. The van der Waals surface area contributed by atoms with Crippen molar-refractivity contribution in [2.45, 2.75) is 19.9 Å². The van der Waals surface area contributed by atoms with E-state index in [-0.39, 0.29) is 6.04 Å². The van der Waals surface area contributed by atoms with E-state index in [1.165, 1.54) is 0 Å². The average molecular weight is 277 g/mol. The standard InChI is InChI=1S/C15H17ClN2O/c1-9-6-11(7-10(2)18-9)15(17)13-8-12(16)4-5-14(13)19-3/h4-8,15H,17H2,1-3H3. The van der Waals surface area contributed by atoms with Crippen LogP contribution in [0.1, 0.15) is 28.6 Å². The minimum absolute atomic E-state index is 0.283. The van der Waals surface area contributed by atoms with E-state index in [1.54, 1.807) is 13.2 Å². The van der Waals surface area contributed by atoms with Crippen molar-refractivity contribution in [1.82, 2.24) is 4.98 Å². The van der Waals surface area contributed by atoms with E-state index >= 15 is 0 Å². The van der Waals surface area contributed by atoms with Gasteiger partial charge in [-0.2, -0.15) is 0 Å². The van der Waals surface area contributed by atoms with E-state index in [0.29, 0.717) is 5.02 Å². The summed E-state index contributed by atoms with van der Waals surface area (Å²) in [6.45, 7) is 3.91. The summed E-state index contributed by atoms with van der Waals surface area (Å²) < 4.78 is 5.35. The molecule has 0 saturated carbocycles. The van der Waals surface area contributed by atoms with E-state index in [2.05, 4.69) is 4.98 Å². The van der Waals surface area contributed by atoms with Crippen LogP contribution in [-0.4, -0.2) is 12.1 Å². The highest BCUT2D eigenvalue weighted by atomic mass is 35.5. The molecule has 1 aromatic heterocycles. The van der Waals surface area contributed by atoms with Crippen LogP contribution in [0.4, 0.5) is 0 Å². The monoisotopic (exact) mass is 276 g/mol. The molecule has 0 aliphatic heterocycles. The quantitative estimate of drug-likeness (QED) is 0.935. The van der Waals surface area contributed by atoms with Crippen molar-refractivity contribution >= 4 is 11.6 Å². The molecule has 0 fully saturated rings. The molecular formula is C15H17ClN2O. The summed E-state index contributed by atoms with van der Waals surface area (Å²) in [5.74, 6) is 0.740. The van der Waals surface area contributed by atoms with Crippen LogP contribution >= 0.6 is 11.6 Å². The van der Waals surface area contributed by atoms with Gasteiger partial charge in [-0.25, -0.2) is 0 Å². The maximum atomic E-state index is 6.33. The molecule has 4 heteroatoms. The van der Waals surface area contributed by atoms with Crippen molar-refractivity contribution in [3.63, 3.8) is 0 Å². The number of rotatable bonds is 3. The summed E-state index contributed by atoms with van der Waals surface area (Å²) in [7, 11) is 1.63. The Balaban J connectivity index is 2.48. The summed E-state index contributed by atoms with van der Waals surface area (Å²) in [4.78, 5) is 4.36. The molecule has 0 amide bonds. The Kier molecular flexibility index (Phi) is 4.08. The van der Waals surface area contributed by atoms with Gasteiger partial charge in [0.2, 0.25) is 0 Å². The van der Waals surface area contributed by atoms with E-state index in [9.17, 15) is 0 Å². The number of methoxy groups -OCH3 is 1. The molecule has 1 heterocycles. The van der Waals surface area contributed by atoms with Gasteiger partial charge in [0.1, 0.15) is 5.75 Å². The Labute approximate surface area is 118 Å². The smallest absolute Gasteiger partial charge is 0.124 e.